The fourth-order valence-corrected chi connectivity index (χ4v) is 1.67. The van der Waals surface area contributed by atoms with Gasteiger partial charge in [-0.1, -0.05) is 6.07 Å². The molecule has 0 aliphatic rings. The second kappa shape index (κ2) is 9.71. The van der Waals surface area contributed by atoms with Gasteiger partial charge in [-0.3, -0.25) is 19.7 Å². The van der Waals surface area contributed by atoms with Crippen molar-refractivity contribution in [2.75, 3.05) is 6.61 Å². The number of nitro groups is 1. The second-order valence-corrected chi connectivity index (χ2v) is 4.12. The van der Waals surface area contributed by atoms with E-state index in [1.54, 1.807) is 0 Å². The summed E-state index contributed by atoms with van der Waals surface area (Å²) in [5, 5.41) is 19.2. The van der Waals surface area contributed by atoms with Crippen molar-refractivity contribution in [1.29, 1.82) is 0 Å². The molecule has 0 fully saturated rings. The van der Waals surface area contributed by atoms with Gasteiger partial charge in [0.25, 0.3) is 5.69 Å². The number of carboxylic acids is 1. The Kier molecular flexibility index (Phi) is 8.71. The van der Waals surface area contributed by atoms with Gasteiger partial charge in [0.2, 0.25) is 0 Å². The fraction of sp³-hybridized carbons (Fsp3) is 0.385. The van der Waals surface area contributed by atoms with E-state index in [0.29, 0.717) is 25.5 Å². The van der Waals surface area contributed by atoms with Crippen LogP contribution < -0.4 is 4.74 Å². The Hall–Kier alpha value is -2.15. The van der Waals surface area contributed by atoms with Crippen molar-refractivity contribution in [2.24, 2.45) is 0 Å². The number of aliphatic carboxylic acids is 1. The SMILES string of the molecule is Cl.O=Cc1c(OCCCCCC(=O)O)cccc1[N+](=O)[O-]. The van der Waals surface area contributed by atoms with Gasteiger partial charge in [-0.05, 0) is 25.3 Å². The van der Waals surface area contributed by atoms with Gasteiger partial charge in [-0.25, -0.2) is 0 Å². The van der Waals surface area contributed by atoms with E-state index >= 15 is 0 Å². The molecule has 0 spiro atoms. The topological polar surface area (TPSA) is 107 Å². The van der Waals surface area contributed by atoms with Gasteiger partial charge in [0.15, 0.2) is 6.29 Å². The molecule has 0 amide bonds. The Morgan fingerprint density at radius 1 is 1.33 bits per heavy atom. The van der Waals surface area contributed by atoms with E-state index in [9.17, 15) is 19.7 Å². The van der Waals surface area contributed by atoms with Gasteiger partial charge < -0.3 is 9.84 Å². The zero-order valence-electron chi connectivity index (χ0n) is 11.2. The van der Waals surface area contributed by atoms with E-state index in [0.717, 1.165) is 0 Å². The molecule has 21 heavy (non-hydrogen) atoms. The monoisotopic (exact) mass is 317 g/mol. The van der Waals surface area contributed by atoms with E-state index in [4.69, 9.17) is 9.84 Å². The number of hydrogen-bond acceptors (Lipinski definition) is 5. The number of carbonyl (C=O) groups excluding carboxylic acids is 1. The second-order valence-electron chi connectivity index (χ2n) is 4.12. The third-order valence-electron chi connectivity index (χ3n) is 2.65. The number of carboxylic acid groups (broad SMARTS) is 1. The molecule has 0 aliphatic carbocycles. The Bertz CT molecular complexity index is 505. The summed E-state index contributed by atoms with van der Waals surface area (Å²) >= 11 is 0. The molecule has 0 unspecified atom stereocenters. The van der Waals surface area contributed by atoms with E-state index in [-0.39, 0.29) is 42.4 Å². The Morgan fingerprint density at radius 3 is 2.62 bits per heavy atom. The standard InChI is InChI=1S/C13H15NO6.ClH/c15-9-10-11(14(18)19)5-4-6-12(10)20-8-3-1-2-7-13(16)17;/h4-6,9H,1-3,7-8H2,(H,16,17);1H. The van der Waals surface area contributed by atoms with Gasteiger partial charge in [-0.2, -0.15) is 0 Å². The molecule has 8 heteroatoms. The summed E-state index contributed by atoms with van der Waals surface area (Å²) in [5.41, 5.74) is -0.369. The molecule has 7 nitrogen and oxygen atoms in total. The van der Waals surface area contributed by atoms with E-state index in [1.807, 2.05) is 0 Å². The number of ether oxygens (including phenoxy) is 1. The molecule has 0 saturated heterocycles. The maximum Gasteiger partial charge on any atom is 0.303 e. The summed E-state index contributed by atoms with van der Waals surface area (Å²) in [7, 11) is 0. The summed E-state index contributed by atoms with van der Waals surface area (Å²) in [6, 6.07) is 4.18. The predicted molar refractivity (Wildman–Crippen MR) is 77.3 cm³/mol. The molecule has 1 rings (SSSR count). The van der Waals surface area contributed by atoms with Crippen LogP contribution in [0.1, 0.15) is 36.0 Å². The summed E-state index contributed by atoms with van der Waals surface area (Å²) in [5.74, 6) is -0.666. The minimum absolute atomic E-state index is 0. The molecule has 0 aromatic heterocycles. The highest BCUT2D eigenvalue weighted by atomic mass is 35.5. The van der Waals surface area contributed by atoms with E-state index in [1.165, 1.54) is 18.2 Å². The molecule has 1 aromatic carbocycles. The van der Waals surface area contributed by atoms with E-state index < -0.39 is 10.9 Å². The number of nitrogens with zero attached hydrogens (tertiary/aromatic N) is 1. The van der Waals surface area contributed by atoms with Crippen LogP contribution in [0.25, 0.3) is 0 Å². The summed E-state index contributed by atoms with van der Waals surface area (Å²) in [4.78, 5) is 31.3. The van der Waals surface area contributed by atoms with Crippen LogP contribution >= 0.6 is 12.4 Å². The summed E-state index contributed by atoms with van der Waals surface area (Å²) in [6.07, 6.45) is 2.36. The van der Waals surface area contributed by atoms with Crippen LogP contribution in [-0.2, 0) is 4.79 Å². The molecular formula is C13H16ClNO6. The van der Waals surface area contributed by atoms with Crippen molar-refractivity contribution < 1.29 is 24.4 Å². The minimum Gasteiger partial charge on any atom is -0.493 e. The lowest BCUT2D eigenvalue weighted by atomic mass is 10.1. The first-order chi connectivity index (χ1) is 9.56. The first kappa shape index (κ1) is 18.9. The Balaban J connectivity index is 0.00000400. The number of carbonyl (C=O) groups is 2. The average Bonchev–Trinajstić information content (AvgIpc) is 2.41. The largest absolute Gasteiger partial charge is 0.493 e. The number of hydrogen-bond donors (Lipinski definition) is 1. The highest BCUT2D eigenvalue weighted by molar-refractivity contribution is 5.85. The molecule has 0 aliphatic heterocycles. The Morgan fingerprint density at radius 2 is 2.05 bits per heavy atom. The molecule has 1 aromatic rings. The van der Waals surface area contributed by atoms with E-state index in [2.05, 4.69) is 0 Å². The van der Waals surface area contributed by atoms with Crippen molar-refractivity contribution in [3.8, 4) is 5.75 Å². The first-order valence-electron chi connectivity index (χ1n) is 6.13. The smallest absolute Gasteiger partial charge is 0.303 e. The van der Waals surface area contributed by atoms with Crippen molar-refractivity contribution in [1.82, 2.24) is 0 Å². The van der Waals surface area contributed by atoms with Crippen LogP contribution in [0.3, 0.4) is 0 Å². The average molecular weight is 318 g/mol. The predicted octanol–water partition coefficient (Wildman–Crippen LogP) is 2.85. The minimum atomic E-state index is -0.840. The normalized spacial score (nSPS) is 9.52. The Labute approximate surface area is 127 Å². The molecule has 0 atom stereocenters. The third kappa shape index (κ3) is 6.22. The number of nitro benzene ring substituents is 1. The molecule has 0 saturated carbocycles. The fourth-order valence-electron chi connectivity index (χ4n) is 1.67. The lowest BCUT2D eigenvalue weighted by Gasteiger charge is -2.08. The highest BCUT2D eigenvalue weighted by Gasteiger charge is 2.17. The third-order valence-corrected chi connectivity index (χ3v) is 2.65. The number of benzene rings is 1. The van der Waals surface area contributed by atoms with Gasteiger partial charge in [0.1, 0.15) is 11.3 Å². The highest BCUT2D eigenvalue weighted by Crippen LogP contribution is 2.26. The number of rotatable bonds is 9. The lowest BCUT2D eigenvalue weighted by molar-refractivity contribution is -0.385. The number of halogens is 1. The van der Waals surface area contributed by atoms with Gasteiger partial charge in [-0.15, -0.1) is 12.4 Å². The van der Waals surface area contributed by atoms with Gasteiger partial charge in [0.05, 0.1) is 11.5 Å². The maximum atomic E-state index is 10.9. The zero-order chi connectivity index (χ0) is 15.0. The van der Waals surface area contributed by atoms with Crippen molar-refractivity contribution in [2.45, 2.75) is 25.7 Å². The van der Waals surface area contributed by atoms with Crippen LogP contribution in [0.2, 0.25) is 0 Å². The molecule has 116 valence electrons. The molecule has 0 radical (unpaired) electrons. The molecule has 0 heterocycles. The molecular weight excluding hydrogens is 302 g/mol. The van der Waals surface area contributed by atoms with Crippen molar-refractivity contribution in [3.63, 3.8) is 0 Å². The zero-order valence-corrected chi connectivity index (χ0v) is 12.0. The van der Waals surface area contributed by atoms with Crippen LogP contribution in [0.15, 0.2) is 18.2 Å². The molecule has 1 N–H and O–H groups in total. The van der Waals surface area contributed by atoms with Gasteiger partial charge in [0, 0.05) is 12.5 Å². The first-order valence-corrected chi connectivity index (χ1v) is 6.13. The van der Waals surface area contributed by atoms with Crippen LogP contribution in [0, 0.1) is 10.1 Å². The molecule has 0 bridgehead atoms. The van der Waals surface area contributed by atoms with Crippen LogP contribution in [-0.4, -0.2) is 28.9 Å². The van der Waals surface area contributed by atoms with Crippen molar-refractivity contribution in [3.05, 3.63) is 33.9 Å². The number of aldehydes is 1. The lowest BCUT2D eigenvalue weighted by Crippen LogP contribution is -2.03. The van der Waals surface area contributed by atoms with Crippen LogP contribution in [0.5, 0.6) is 5.75 Å². The number of unbranched alkanes of at least 4 members (excludes halogenated alkanes) is 2. The van der Waals surface area contributed by atoms with Crippen LogP contribution in [0.4, 0.5) is 5.69 Å². The quantitative estimate of drug-likeness (QED) is 0.325. The summed E-state index contributed by atoms with van der Waals surface area (Å²) < 4.78 is 5.34. The summed E-state index contributed by atoms with van der Waals surface area (Å²) in [6.45, 7) is 0.279. The maximum absolute atomic E-state index is 10.9. The van der Waals surface area contributed by atoms with Gasteiger partial charge >= 0.3 is 5.97 Å². The van der Waals surface area contributed by atoms with Crippen molar-refractivity contribution >= 4 is 30.3 Å².